The van der Waals surface area contributed by atoms with Crippen molar-refractivity contribution in [2.75, 3.05) is 0 Å². The van der Waals surface area contributed by atoms with Gasteiger partial charge in [0.15, 0.2) is 0 Å². The number of allylic oxidation sites excluding steroid dienone is 1. The summed E-state index contributed by atoms with van der Waals surface area (Å²) in [5, 5.41) is 2.09. The molecule has 0 amide bonds. The topological polar surface area (TPSA) is 0 Å². The summed E-state index contributed by atoms with van der Waals surface area (Å²) in [6.45, 7) is 0. The van der Waals surface area contributed by atoms with Crippen LogP contribution < -0.4 is 0 Å². The van der Waals surface area contributed by atoms with Crippen molar-refractivity contribution in [3.63, 3.8) is 0 Å². The van der Waals surface area contributed by atoms with E-state index >= 15 is 0 Å². The maximum absolute atomic E-state index is 2.14. The van der Waals surface area contributed by atoms with Crippen LogP contribution in [0.5, 0.6) is 0 Å². The van der Waals surface area contributed by atoms with E-state index in [2.05, 4.69) is 42.5 Å². The van der Waals surface area contributed by atoms with Crippen LogP contribution >= 0.6 is 11.3 Å². The predicted octanol–water partition coefficient (Wildman–Crippen LogP) is 4.19. The van der Waals surface area contributed by atoms with Crippen LogP contribution in [0.25, 0.3) is 6.08 Å². The summed E-state index contributed by atoms with van der Waals surface area (Å²) < 4.78 is 0. The molecule has 2 fully saturated rings. The summed E-state index contributed by atoms with van der Waals surface area (Å²) in [4.78, 5) is 1.30. The van der Waals surface area contributed by atoms with Gasteiger partial charge in [0.1, 0.15) is 0 Å². The second-order valence-corrected chi connectivity index (χ2v) is 4.51. The minimum absolute atomic E-state index is 0. The molecule has 2 heteroatoms. The third kappa shape index (κ3) is 6.22. The molecule has 1 aromatic heterocycles. The predicted molar refractivity (Wildman–Crippen MR) is 75.3 cm³/mol. The molecule has 3 rings (SSSR count). The molecule has 18 heavy (non-hydrogen) atoms. The number of rotatable bonds is 2. The van der Waals surface area contributed by atoms with Crippen LogP contribution in [0.2, 0.25) is 0 Å². The Kier molecular flexibility index (Phi) is 8.75. The van der Waals surface area contributed by atoms with Gasteiger partial charge in [-0.1, -0.05) is 12.1 Å². The maximum Gasteiger partial charge on any atom is 2.00 e. The molecule has 0 aromatic carbocycles. The summed E-state index contributed by atoms with van der Waals surface area (Å²) in [7, 11) is 0. The van der Waals surface area contributed by atoms with Gasteiger partial charge in [0.2, 0.25) is 0 Å². The Morgan fingerprint density at radius 1 is 0.778 bits per heavy atom. The standard InChI is InChI=1S/C11H9S.C5H5.Fe/c1-2-5-10(4-1)7-8-11-6-3-9-12-11;1-2-4-5-3-1;/h1-9H;1-5H;/q;;+2/b8-7+;;. The van der Waals surface area contributed by atoms with E-state index in [1.165, 1.54) is 10.8 Å². The Bertz CT molecular complexity index is 298. The maximum atomic E-state index is 2.14. The van der Waals surface area contributed by atoms with Crippen LogP contribution in [0.3, 0.4) is 0 Å². The summed E-state index contributed by atoms with van der Waals surface area (Å²) in [5.41, 5.74) is 0. The van der Waals surface area contributed by atoms with Crippen molar-refractivity contribution in [1.82, 2.24) is 0 Å². The first-order valence-corrected chi connectivity index (χ1v) is 6.43. The van der Waals surface area contributed by atoms with Crippen molar-refractivity contribution in [2.24, 2.45) is 0 Å². The first kappa shape index (κ1) is 16.0. The summed E-state index contributed by atoms with van der Waals surface area (Å²) in [5.74, 6) is 1.27. The van der Waals surface area contributed by atoms with E-state index in [1.807, 2.05) is 44.9 Å². The number of hydrogen-bond acceptors (Lipinski definition) is 1. The fraction of sp³-hybridized carbons (Fsp3) is 0. The SMILES string of the molecule is [CH]1[CH][CH][CH][CH]1.[CH]1[CH][CH][C](/C=C/c2cccs2)[CH]1.[Fe+2]. The molecule has 1 aromatic rings. The monoisotopic (exact) mass is 294 g/mol. The molecule has 2 aliphatic rings. The Morgan fingerprint density at radius 3 is 1.89 bits per heavy atom. The third-order valence-corrected chi connectivity index (χ3v) is 3.06. The van der Waals surface area contributed by atoms with Gasteiger partial charge in [-0.25, -0.2) is 0 Å². The third-order valence-electron chi connectivity index (χ3n) is 2.23. The van der Waals surface area contributed by atoms with Crippen LogP contribution in [-0.4, -0.2) is 0 Å². The molecule has 0 atom stereocenters. The normalized spacial score (nSPS) is 19.6. The summed E-state index contributed by atoms with van der Waals surface area (Å²) in [6.07, 6.45) is 22.6. The largest absolute Gasteiger partial charge is 2.00 e. The Morgan fingerprint density at radius 2 is 1.39 bits per heavy atom. The molecular formula is C16H14FeS+2. The van der Waals surface area contributed by atoms with Crippen LogP contribution in [0.1, 0.15) is 4.88 Å². The molecule has 0 nitrogen and oxygen atoms in total. The minimum Gasteiger partial charge on any atom is -0.144 e. The summed E-state index contributed by atoms with van der Waals surface area (Å²) in [6, 6.07) is 4.18. The molecule has 0 unspecified atom stereocenters. The van der Waals surface area contributed by atoms with Crippen molar-refractivity contribution in [1.29, 1.82) is 0 Å². The van der Waals surface area contributed by atoms with Crippen LogP contribution in [0.4, 0.5) is 0 Å². The molecule has 0 spiro atoms. The average molecular weight is 294 g/mol. The van der Waals surface area contributed by atoms with Gasteiger partial charge in [-0.3, -0.25) is 0 Å². The van der Waals surface area contributed by atoms with E-state index < -0.39 is 0 Å². The van der Waals surface area contributed by atoms with Crippen molar-refractivity contribution in [3.8, 4) is 0 Å². The first-order chi connectivity index (χ1) is 8.45. The Balaban J connectivity index is 0.000000230. The van der Waals surface area contributed by atoms with Crippen LogP contribution in [0, 0.1) is 63.7 Å². The van der Waals surface area contributed by atoms with E-state index in [0.29, 0.717) is 0 Å². The second kappa shape index (κ2) is 9.83. The van der Waals surface area contributed by atoms with Gasteiger partial charge >= 0.3 is 17.1 Å². The zero-order chi connectivity index (χ0) is 11.8. The first-order valence-electron chi connectivity index (χ1n) is 5.55. The zero-order valence-electron chi connectivity index (χ0n) is 9.84. The number of hydrogen-bond donors (Lipinski definition) is 0. The van der Waals surface area contributed by atoms with E-state index in [4.69, 9.17) is 0 Å². The number of thiophene rings is 1. The van der Waals surface area contributed by atoms with Crippen molar-refractivity contribution in [2.45, 2.75) is 0 Å². The molecule has 0 bridgehead atoms. The van der Waals surface area contributed by atoms with E-state index in [0.717, 1.165) is 0 Å². The minimum atomic E-state index is 0. The fourth-order valence-corrected chi connectivity index (χ4v) is 2.00. The molecule has 2 saturated carbocycles. The molecule has 0 saturated heterocycles. The fourth-order valence-electron chi connectivity index (χ4n) is 1.39. The van der Waals surface area contributed by atoms with Gasteiger partial charge in [-0.2, -0.15) is 0 Å². The Labute approximate surface area is 126 Å². The Hall–Kier alpha value is -0.0405. The molecule has 10 radical (unpaired) electrons. The van der Waals surface area contributed by atoms with E-state index in [1.54, 1.807) is 11.3 Å². The molecule has 0 aliphatic heterocycles. The van der Waals surface area contributed by atoms with E-state index in [9.17, 15) is 0 Å². The van der Waals surface area contributed by atoms with Gasteiger partial charge in [0.05, 0.1) is 0 Å². The smallest absolute Gasteiger partial charge is 0.144 e. The average Bonchev–Trinajstić information content (AvgIpc) is 3.12. The molecular weight excluding hydrogens is 280 g/mol. The van der Waals surface area contributed by atoms with Crippen LogP contribution in [-0.2, 0) is 17.1 Å². The van der Waals surface area contributed by atoms with E-state index in [-0.39, 0.29) is 17.1 Å². The second-order valence-electron chi connectivity index (χ2n) is 3.53. The molecule has 90 valence electrons. The van der Waals surface area contributed by atoms with Gasteiger partial charge in [-0.15, -0.1) is 11.3 Å². The zero-order valence-corrected chi connectivity index (χ0v) is 11.8. The van der Waals surface area contributed by atoms with Gasteiger partial charge in [0, 0.05) is 10.8 Å². The van der Waals surface area contributed by atoms with Gasteiger partial charge in [0.25, 0.3) is 0 Å². The van der Waals surface area contributed by atoms with Gasteiger partial charge < -0.3 is 0 Å². The van der Waals surface area contributed by atoms with Crippen molar-refractivity contribution >= 4 is 17.4 Å². The van der Waals surface area contributed by atoms with Crippen LogP contribution in [0.15, 0.2) is 23.6 Å². The molecule has 2 aliphatic carbocycles. The summed E-state index contributed by atoms with van der Waals surface area (Å²) >= 11 is 1.76. The molecule has 1 heterocycles. The quantitative estimate of drug-likeness (QED) is 0.718. The van der Waals surface area contributed by atoms with Crippen molar-refractivity contribution in [3.05, 3.63) is 92.2 Å². The molecule has 0 N–H and O–H groups in total. The van der Waals surface area contributed by atoms with Crippen molar-refractivity contribution < 1.29 is 17.1 Å². The van der Waals surface area contributed by atoms with Gasteiger partial charge in [-0.05, 0) is 75.3 Å².